The Labute approximate surface area is 173 Å². The van der Waals surface area contributed by atoms with Crippen LogP contribution in [-0.4, -0.2) is 39.3 Å². The molecule has 6 heteroatoms. The Morgan fingerprint density at radius 2 is 2.04 bits per heavy atom. The molecule has 4 rings (SSSR count). The van der Waals surface area contributed by atoms with E-state index in [0.717, 1.165) is 17.4 Å². The zero-order valence-corrected chi connectivity index (χ0v) is 17.8. The van der Waals surface area contributed by atoms with Gasteiger partial charge in [-0.2, -0.15) is 0 Å². The maximum Gasteiger partial charge on any atom is 0.170 e. The summed E-state index contributed by atoms with van der Waals surface area (Å²) in [7, 11) is 1.76. The molecule has 1 saturated carbocycles. The van der Waals surface area contributed by atoms with Crippen LogP contribution in [0, 0.1) is 13.8 Å². The van der Waals surface area contributed by atoms with Crippen LogP contribution in [0.2, 0.25) is 0 Å². The molecule has 0 radical (unpaired) electrons. The van der Waals surface area contributed by atoms with E-state index in [2.05, 4.69) is 51.8 Å². The van der Waals surface area contributed by atoms with Crippen LogP contribution in [0.4, 0.5) is 0 Å². The highest BCUT2D eigenvalue weighted by atomic mass is 32.1. The van der Waals surface area contributed by atoms with Gasteiger partial charge in [0.1, 0.15) is 0 Å². The standard InChI is InChI=1S/C22H30N4OS/c1-15-14-18(16(2)25(15)12-13-27-3)21-20(19-10-6-7-11-23-19)24-22(28)26(21)17-8-4-5-9-17/h6-7,10-11,14,17,20-21H,4-5,8-9,12-13H2,1-3H3,(H,24,28)/t20-,21-/m1/s1. The molecule has 5 nitrogen and oxygen atoms in total. The minimum Gasteiger partial charge on any atom is -0.383 e. The molecule has 0 spiro atoms. The van der Waals surface area contributed by atoms with E-state index < -0.39 is 0 Å². The number of pyridine rings is 1. The molecule has 1 aliphatic heterocycles. The van der Waals surface area contributed by atoms with Crippen LogP contribution in [0.15, 0.2) is 30.5 Å². The highest BCUT2D eigenvalue weighted by Gasteiger charge is 2.44. The maximum absolute atomic E-state index is 5.84. The van der Waals surface area contributed by atoms with E-state index in [1.165, 1.54) is 42.6 Å². The van der Waals surface area contributed by atoms with Gasteiger partial charge in [0.2, 0.25) is 0 Å². The topological polar surface area (TPSA) is 42.3 Å². The van der Waals surface area contributed by atoms with Crippen molar-refractivity contribution in [3.8, 4) is 0 Å². The second-order valence-electron chi connectivity index (χ2n) is 7.94. The zero-order chi connectivity index (χ0) is 19.7. The van der Waals surface area contributed by atoms with Crippen LogP contribution in [0.5, 0.6) is 0 Å². The van der Waals surface area contributed by atoms with Gasteiger partial charge in [-0.05, 0) is 62.7 Å². The van der Waals surface area contributed by atoms with Gasteiger partial charge in [0.05, 0.1) is 24.4 Å². The molecule has 1 saturated heterocycles. The van der Waals surface area contributed by atoms with Crippen molar-refractivity contribution < 1.29 is 4.74 Å². The summed E-state index contributed by atoms with van der Waals surface area (Å²) in [6, 6.07) is 9.24. The van der Waals surface area contributed by atoms with Crippen LogP contribution in [-0.2, 0) is 11.3 Å². The summed E-state index contributed by atoms with van der Waals surface area (Å²) in [6.07, 6.45) is 6.89. The fourth-order valence-corrected chi connectivity index (χ4v) is 5.32. The maximum atomic E-state index is 5.84. The van der Waals surface area contributed by atoms with E-state index in [-0.39, 0.29) is 12.1 Å². The van der Waals surface area contributed by atoms with Gasteiger partial charge in [0.15, 0.2) is 5.11 Å². The van der Waals surface area contributed by atoms with Crippen LogP contribution in [0.1, 0.15) is 60.4 Å². The Balaban J connectivity index is 1.77. The molecule has 0 amide bonds. The van der Waals surface area contributed by atoms with Gasteiger partial charge in [0.25, 0.3) is 0 Å². The lowest BCUT2D eigenvalue weighted by Gasteiger charge is -2.33. The number of thiocarbonyl (C=S) groups is 1. The van der Waals surface area contributed by atoms with Gasteiger partial charge in [0, 0.05) is 37.3 Å². The van der Waals surface area contributed by atoms with Crippen molar-refractivity contribution in [3.05, 3.63) is 53.1 Å². The molecule has 2 fully saturated rings. The summed E-state index contributed by atoms with van der Waals surface area (Å²) in [5.41, 5.74) is 4.98. The molecule has 0 aromatic carbocycles. The van der Waals surface area contributed by atoms with E-state index >= 15 is 0 Å². The lowest BCUT2D eigenvalue weighted by atomic mass is 9.95. The van der Waals surface area contributed by atoms with E-state index in [1.54, 1.807) is 7.11 Å². The predicted molar refractivity (Wildman–Crippen MR) is 115 cm³/mol. The number of nitrogens with one attached hydrogen (secondary N) is 1. The van der Waals surface area contributed by atoms with E-state index in [4.69, 9.17) is 17.0 Å². The SMILES string of the molecule is COCCn1c(C)cc([C@@H]2[C@@H](c3ccccn3)NC(=S)N2C2CCCC2)c1C. The van der Waals surface area contributed by atoms with Gasteiger partial charge in [-0.25, -0.2) is 0 Å². The molecular weight excluding hydrogens is 368 g/mol. The molecule has 0 bridgehead atoms. The van der Waals surface area contributed by atoms with E-state index in [1.807, 2.05) is 12.3 Å². The second-order valence-corrected chi connectivity index (χ2v) is 8.33. The van der Waals surface area contributed by atoms with Crippen molar-refractivity contribution in [2.24, 2.45) is 0 Å². The summed E-state index contributed by atoms with van der Waals surface area (Å²) in [6.45, 7) is 5.99. The fraction of sp³-hybridized carbons (Fsp3) is 0.545. The van der Waals surface area contributed by atoms with Crippen molar-refractivity contribution in [3.63, 3.8) is 0 Å². The second kappa shape index (κ2) is 8.21. The quantitative estimate of drug-likeness (QED) is 0.743. The number of ether oxygens (including phenoxy) is 1. The third-order valence-electron chi connectivity index (χ3n) is 6.30. The van der Waals surface area contributed by atoms with E-state index in [9.17, 15) is 0 Å². The average Bonchev–Trinajstić information content (AvgIpc) is 3.40. The lowest BCUT2D eigenvalue weighted by Crippen LogP contribution is -2.37. The Bertz CT molecular complexity index is 829. The van der Waals surface area contributed by atoms with Crippen LogP contribution >= 0.6 is 12.2 Å². The Hall–Kier alpha value is -1.92. The summed E-state index contributed by atoms with van der Waals surface area (Å²) in [5.74, 6) is 0. The van der Waals surface area contributed by atoms with Crippen LogP contribution in [0.3, 0.4) is 0 Å². The smallest absolute Gasteiger partial charge is 0.170 e. The Morgan fingerprint density at radius 3 is 2.71 bits per heavy atom. The fourth-order valence-electron chi connectivity index (χ4n) is 4.93. The molecular formula is C22H30N4OS. The molecule has 2 aromatic heterocycles. The van der Waals surface area contributed by atoms with Crippen molar-refractivity contribution >= 4 is 17.3 Å². The highest BCUT2D eigenvalue weighted by molar-refractivity contribution is 7.80. The number of nitrogens with zero attached hydrogens (tertiary/aromatic N) is 3. The number of aryl methyl sites for hydroxylation is 1. The predicted octanol–water partition coefficient (Wildman–Crippen LogP) is 4.06. The van der Waals surface area contributed by atoms with Crippen molar-refractivity contribution in [2.45, 2.75) is 64.2 Å². The minimum absolute atomic E-state index is 0.0747. The van der Waals surface area contributed by atoms with Crippen molar-refractivity contribution in [1.29, 1.82) is 0 Å². The highest BCUT2D eigenvalue weighted by Crippen LogP contribution is 2.44. The first-order valence-corrected chi connectivity index (χ1v) is 10.7. The first kappa shape index (κ1) is 19.4. The molecule has 28 heavy (non-hydrogen) atoms. The number of aromatic nitrogens is 2. The van der Waals surface area contributed by atoms with Gasteiger partial charge in [-0.1, -0.05) is 18.9 Å². The summed E-state index contributed by atoms with van der Waals surface area (Å²) < 4.78 is 7.69. The summed E-state index contributed by atoms with van der Waals surface area (Å²) >= 11 is 5.84. The molecule has 1 N–H and O–H groups in total. The summed E-state index contributed by atoms with van der Waals surface area (Å²) in [5, 5.41) is 4.48. The van der Waals surface area contributed by atoms with Gasteiger partial charge >= 0.3 is 0 Å². The molecule has 3 heterocycles. The van der Waals surface area contributed by atoms with Crippen molar-refractivity contribution in [2.75, 3.05) is 13.7 Å². The van der Waals surface area contributed by atoms with Gasteiger partial charge in [-0.15, -0.1) is 0 Å². The minimum atomic E-state index is 0.0747. The average molecular weight is 399 g/mol. The third-order valence-corrected chi connectivity index (χ3v) is 6.63. The largest absolute Gasteiger partial charge is 0.383 e. The van der Waals surface area contributed by atoms with E-state index in [0.29, 0.717) is 12.6 Å². The molecule has 2 atom stereocenters. The number of methoxy groups -OCH3 is 1. The Kier molecular flexibility index (Phi) is 5.69. The number of hydrogen-bond donors (Lipinski definition) is 1. The first-order valence-electron chi connectivity index (χ1n) is 10.3. The van der Waals surface area contributed by atoms with Gasteiger partial charge < -0.3 is 19.5 Å². The molecule has 0 unspecified atom stereocenters. The zero-order valence-electron chi connectivity index (χ0n) is 17.0. The Morgan fingerprint density at radius 1 is 1.25 bits per heavy atom. The summed E-state index contributed by atoms with van der Waals surface area (Å²) in [4.78, 5) is 7.14. The molecule has 1 aliphatic carbocycles. The van der Waals surface area contributed by atoms with Crippen molar-refractivity contribution in [1.82, 2.24) is 19.8 Å². The first-order chi connectivity index (χ1) is 13.6. The lowest BCUT2D eigenvalue weighted by molar-refractivity contribution is 0.186. The third kappa shape index (κ3) is 3.44. The molecule has 2 aliphatic rings. The molecule has 2 aromatic rings. The number of rotatable bonds is 6. The van der Waals surface area contributed by atoms with Crippen LogP contribution in [0.25, 0.3) is 0 Å². The van der Waals surface area contributed by atoms with Crippen LogP contribution < -0.4 is 5.32 Å². The normalized spacial score (nSPS) is 22.8. The van der Waals surface area contributed by atoms with Gasteiger partial charge in [-0.3, -0.25) is 4.98 Å². The molecule has 150 valence electrons. The number of hydrogen-bond acceptors (Lipinski definition) is 3. The monoisotopic (exact) mass is 398 g/mol.